The molecule has 11 heteroatoms. The number of halogens is 4. The molecule has 2 amide bonds. The molecule has 33 heavy (non-hydrogen) atoms. The van der Waals surface area contributed by atoms with E-state index in [0.717, 1.165) is 23.1 Å². The Labute approximate surface area is 197 Å². The van der Waals surface area contributed by atoms with Crippen molar-refractivity contribution < 1.29 is 32.2 Å². The molecule has 1 aliphatic heterocycles. The molecule has 0 aliphatic carbocycles. The lowest BCUT2D eigenvalue weighted by molar-refractivity contribution is -0.137. The first kappa shape index (κ1) is 24.5. The standard InChI is InChI=1S/C22H18ClF3N2O4S/c1-11(2)32-18-16(23)8-12(9-17(18)31-3)7-15-19(29)27-21(33)28(20(15)30)14-6-4-5-13(10-14)22(24,25)26/h4-11H,1-3H3,(H,27,29,33)/b15-7+. The van der Waals surface area contributed by atoms with E-state index >= 15 is 0 Å². The summed E-state index contributed by atoms with van der Waals surface area (Å²) in [6, 6.07) is 7.05. The van der Waals surface area contributed by atoms with Gasteiger partial charge in [0.05, 0.1) is 29.5 Å². The zero-order valence-electron chi connectivity index (χ0n) is 17.6. The Morgan fingerprint density at radius 1 is 1.18 bits per heavy atom. The van der Waals surface area contributed by atoms with Gasteiger partial charge in [-0.1, -0.05) is 17.7 Å². The zero-order chi connectivity index (χ0) is 24.5. The summed E-state index contributed by atoms with van der Waals surface area (Å²) in [6.45, 7) is 3.61. The molecule has 1 aliphatic rings. The topological polar surface area (TPSA) is 67.9 Å². The maximum absolute atomic E-state index is 13.1. The summed E-state index contributed by atoms with van der Waals surface area (Å²) in [5.74, 6) is -1.12. The number of nitrogens with zero attached hydrogens (tertiary/aromatic N) is 1. The molecule has 0 bridgehead atoms. The number of rotatable bonds is 5. The van der Waals surface area contributed by atoms with Crippen molar-refractivity contribution in [2.45, 2.75) is 26.1 Å². The van der Waals surface area contributed by atoms with E-state index in [2.05, 4.69) is 5.32 Å². The third-order valence-electron chi connectivity index (χ3n) is 4.45. The Bertz CT molecular complexity index is 1160. The van der Waals surface area contributed by atoms with Crippen LogP contribution in [0.5, 0.6) is 11.5 Å². The monoisotopic (exact) mass is 498 g/mol. The minimum Gasteiger partial charge on any atom is -0.493 e. The minimum atomic E-state index is -4.62. The normalized spacial score (nSPS) is 15.8. The number of alkyl halides is 3. The van der Waals surface area contributed by atoms with E-state index in [1.165, 1.54) is 31.4 Å². The zero-order valence-corrected chi connectivity index (χ0v) is 19.2. The summed E-state index contributed by atoms with van der Waals surface area (Å²) in [5.41, 5.74) is -1.11. The fraction of sp³-hybridized carbons (Fsp3) is 0.227. The van der Waals surface area contributed by atoms with Gasteiger partial charge in [-0.05, 0) is 68.0 Å². The number of hydrogen-bond donors (Lipinski definition) is 1. The van der Waals surface area contributed by atoms with Crippen molar-refractivity contribution in [2.24, 2.45) is 0 Å². The van der Waals surface area contributed by atoms with Gasteiger partial charge in [-0.3, -0.25) is 19.8 Å². The van der Waals surface area contributed by atoms with Crippen LogP contribution in [0.1, 0.15) is 25.0 Å². The van der Waals surface area contributed by atoms with Gasteiger partial charge < -0.3 is 9.47 Å². The van der Waals surface area contributed by atoms with Gasteiger partial charge in [0, 0.05) is 0 Å². The molecule has 0 saturated carbocycles. The lowest BCUT2D eigenvalue weighted by Gasteiger charge is -2.29. The van der Waals surface area contributed by atoms with Crippen LogP contribution >= 0.6 is 23.8 Å². The molecule has 1 saturated heterocycles. The van der Waals surface area contributed by atoms with Crippen LogP contribution < -0.4 is 19.7 Å². The number of nitrogens with one attached hydrogen (secondary N) is 1. The van der Waals surface area contributed by atoms with E-state index in [1.807, 2.05) is 13.8 Å². The number of anilines is 1. The van der Waals surface area contributed by atoms with Crippen molar-refractivity contribution in [2.75, 3.05) is 12.0 Å². The average molecular weight is 499 g/mol. The second-order valence-corrected chi connectivity index (χ2v) is 8.00. The molecule has 0 atom stereocenters. The van der Waals surface area contributed by atoms with Crippen LogP contribution in [0, 0.1) is 0 Å². The fourth-order valence-corrected chi connectivity index (χ4v) is 3.60. The third-order valence-corrected chi connectivity index (χ3v) is 5.02. The molecular formula is C22H18ClF3N2O4S. The van der Waals surface area contributed by atoms with Gasteiger partial charge in [0.1, 0.15) is 5.57 Å². The minimum absolute atomic E-state index is 0.137. The van der Waals surface area contributed by atoms with Crippen LogP contribution in [-0.2, 0) is 15.8 Å². The highest BCUT2D eigenvalue weighted by Crippen LogP contribution is 2.38. The molecule has 174 valence electrons. The maximum atomic E-state index is 13.1. The van der Waals surface area contributed by atoms with Gasteiger partial charge in [0.15, 0.2) is 16.6 Å². The number of ether oxygens (including phenoxy) is 2. The Hall–Kier alpha value is -3.11. The number of carbonyl (C=O) groups is 2. The van der Waals surface area contributed by atoms with Crippen LogP contribution in [0.25, 0.3) is 6.08 Å². The number of carbonyl (C=O) groups excluding carboxylic acids is 2. The number of methoxy groups -OCH3 is 1. The molecular weight excluding hydrogens is 481 g/mol. The highest BCUT2D eigenvalue weighted by Gasteiger charge is 2.36. The summed E-state index contributed by atoms with van der Waals surface area (Å²) < 4.78 is 50.3. The van der Waals surface area contributed by atoms with Gasteiger partial charge >= 0.3 is 6.18 Å². The van der Waals surface area contributed by atoms with Crippen LogP contribution in [-0.4, -0.2) is 30.1 Å². The fourth-order valence-electron chi connectivity index (χ4n) is 3.05. The van der Waals surface area contributed by atoms with Crippen molar-refractivity contribution >= 4 is 52.5 Å². The molecule has 1 N–H and O–H groups in total. The van der Waals surface area contributed by atoms with Crippen LogP contribution in [0.2, 0.25) is 5.02 Å². The summed E-state index contributed by atoms with van der Waals surface area (Å²) in [6.07, 6.45) is -3.56. The molecule has 6 nitrogen and oxygen atoms in total. The van der Waals surface area contributed by atoms with Crippen LogP contribution in [0.4, 0.5) is 18.9 Å². The van der Waals surface area contributed by atoms with E-state index in [1.54, 1.807) is 0 Å². The van der Waals surface area contributed by atoms with E-state index in [0.29, 0.717) is 11.3 Å². The second kappa shape index (κ2) is 9.40. The predicted molar refractivity (Wildman–Crippen MR) is 121 cm³/mol. The van der Waals surface area contributed by atoms with E-state index in [9.17, 15) is 22.8 Å². The summed E-state index contributed by atoms with van der Waals surface area (Å²) in [4.78, 5) is 26.4. The van der Waals surface area contributed by atoms with Gasteiger partial charge in [0.25, 0.3) is 11.8 Å². The molecule has 0 radical (unpaired) electrons. The lowest BCUT2D eigenvalue weighted by atomic mass is 10.1. The Morgan fingerprint density at radius 2 is 1.88 bits per heavy atom. The maximum Gasteiger partial charge on any atom is 0.416 e. The molecule has 1 fully saturated rings. The number of thiocarbonyl (C=S) groups is 1. The Kier molecular flexibility index (Phi) is 6.99. The third kappa shape index (κ3) is 5.28. The van der Waals surface area contributed by atoms with Crippen molar-refractivity contribution in [1.82, 2.24) is 5.32 Å². The van der Waals surface area contributed by atoms with E-state index in [-0.39, 0.29) is 33.2 Å². The molecule has 0 spiro atoms. The highest BCUT2D eigenvalue weighted by molar-refractivity contribution is 7.80. The van der Waals surface area contributed by atoms with Gasteiger partial charge in [-0.2, -0.15) is 13.2 Å². The average Bonchev–Trinajstić information content (AvgIpc) is 2.72. The van der Waals surface area contributed by atoms with Gasteiger partial charge in [-0.25, -0.2) is 0 Å². The number of hydrogen-bond acceptors (Lipinski definition) is 5. The van der Waals surface area contributed by atoms with E-state index < -0.39 is 23.6 Å². The first-order valence-corrected chi connectivity index (χ1v) is 10.3. The quantitative estimate of drug-likeness (QED) is 0.357. The Balaban J connectivity index is 2.04. The molecule has 1 heterocycles. The number of benzene rings is 2. The van der Waals surface area contributed by atoms with Crippen molar-refractivity contribution in [3.63, 3.8) is 0 Å². The molecule has 3 rings (SSSR count). The molecule has 0 unspecified atom stereocenters. The lowest BCUT2D eigenvalue weighted by Crippen LogP contribution is -2.54. The molecule has 2 aromatic carbocycles. The highest BCUT2D eigenvalue weighted by atomic mass is 35.5. The molecule has 0 aromatic heterocycles. The summed E-state index contributed by atoms with van der Waals surface area (Å²) in [5, 5.41) is 2.18. The summed E-state index contributed by atoms with van der Waals surface area (Å²) in [7, 11) is 1.40. The van der Waals surface area contributed by atoms with Crippen LogP contribution in [0.15, 0.2) is 42.0 Å². The first-order chi connectivity index (χ1) is 15.4. The first-order valence-electron chi connectivity index (χ1n) is 9.55. The van der Waals surface area contributed by atoms with Crippen molar-refractivity contribution in [1.29, 1.82) is 0 Å². The summed E-state index contributed by atoms with van der Waals surface area (Å²) >= 11 is 11.3. The largest absolute Gasteiger partial charge is 0.493 e. The second-order valence-electron chi connectivity index (χ2n) is 7.21. The van der Waals surface area contributed by atoms with Gasteiger partial charge in [-0.15, -0.1) is 0 Å². The van der Waals surface area contributed by atoms with Crippen molar-refractivity contribution in [3.8, 4) is 11.5 Å². The Morgan fingerprint density at radius 3 is 2.48 bits per heavy atom. The predicted octanol–water partition coefficient (Wildman–Crippen LogP) is 4.99. The van der Waals surface area contributed by atoms with Gasteiger partial charge in [0.2, 0.25) is 0 Å². The SMILES string of the molecule is COc1cc(/C=C2\C(=O)NC(=S)N(c3cccc(C(F)(F)F)c3)C2=O)cc(Cl)c1OC(C)C. The van der Waals surface area contributed by atoms with E-state index in [4.69, 9.17) is 33.3 Å². The van der Waals surface area contributed by atoms with Crippen LogP contribution in [0.3, 0.4) is 0 Å². The van der Waals surface area contributed by atoms with Crippen molar-refractivity contribution in [3.05, 3.63) is 58.1 Å². The smallest absolute Gasteiger partial charge is 0.416 e. The number of amides is 2. The molecule has 2 aromatic rings.